The fourth-order valence-electron chi connectivity index (χ4n) is 4.35. The topological polar surface area (TPSA) is 52.6 Å². The summed E-state index contributed by atoms with van der Waals surface area (Å²) in [5, 5.41) is 0. The smallest absolute Gasteiger partial charge is 0.343 e. The van der Waals surface area contributed by atoms with Crippen LogP contribution in [0.25, 0.3) is 11.1 Å². The van der Waals surface area contributed by atoms with Gasteiger partial charge < -0.3 is 9.47 Å². The first-order chi connectivity index (χ1) is 18.1. The maximum atomic E-state index is 13.3. The van der Waals surface area contributed by atoms with E-state index in [1.165, 1.54) is 0 Å². The Kier molecular flexibility index (Phi) is 8.88. The average Bonchev–Trinajstić information content (AvgIpc) is 2.95. The Balaban J connectivity index is 1.93. The molecule has 0 heterocycles. The van der Waals surface area contributed by atoms with Gasteiger partial charge in [0.1, 0.15) is 0 Å². The molecule has 0 radical (unpaired) electrons. The molecule has 0 aliphatic heterocycles. The zero-order valence-electron chi connectivity index (χ0n) is 21.4. The van der Waals surface area contributed by atoms with Gasteiger partial charge in [0.2, 0.25) is 0 Å². The normalized spacial score (nSPS) is 10.6. The van der Waals surface area contributed by atoms with Crippen molar-refractivity contribution in [1.29, 1.82) is 0 Å². The lowest BCUT2D eigenvalue weighted by atomic mass is 9.91. The molecule has 0 saturated carbocycles. The third kappa shape index (κ3) is 6.34. The second kappa shape index (κ2) is 12.7. The van der Waals surface area contributed by atoms with E-state index in [9.17, 15) is 9.59 Å². The second-order valence-electron chi connectivity index (χ2n) is 8.96. The molecular formula is C33H32O4. The molecule has 0 N–H and O–H groups in total. The molecule has 0 atom stereocenters. The number of hydrogen-bond donors (Lipinski definition) is 0. The Morgan fingerprint density at radius 2 is 1.11 bits per heavy atom. The summed E-state index contributed by atoms with van der Waals surface area (Å²) in [6.07, 6.45) is 4.36. The molecule has 37 heavy (non-hydrogen) atoms. The SMILES string of the molecule is CCCCc1cc(CCC)c(OC(=O)c2ccccc2)c(OC(=O)c2ccccc2)c1-c1ccccc1. The Labute approximate surface area is 218 Å². The molecule has 0 amide bonds. The monoisotopic (exact) mass is 492 g/mol. The number of carbonyl (C=O) groups is 2. The van der Waals surface area contributed by atoms with Gasteiger partial charge in [-0.1, -0.05) is 99.5 Å². The van der Waals surface area contributed by atoms with Crippen LogP contribution in [0.1, 0.15) is 65.0 Å². The van der Waals surface area contributed by atoms with Crippen molar-refractivity contribution in [2.24, 2.45) is 0 Å². The van der Waals surface area contributed by atoms with Gasteiger partial charge in [-0.3, -0.25) is 0 Å². The van der Waals surface area contributed by atoms with Crippen LogP contribution in [-0.2, 0) is 12.8 Å². The second-order valence-corrected chi connectivity index (χ2v) is 8.96. The van der Waals surface area contributed by atoms with Crippen LogP contribution in [0, 0.1) is 0 Å². The average molecular weight is 493 g/mol. The van der Waals surface area contributed by atoms with Gasteiger partial charge >= 0.3 is 11.9 Å². The molecule has 188 valence electrons. The van der Waals surface area contributed by atoms with Crippen molar-refractivity contribution in [2.45, 2.75) is 46.0 Å². The van der Waals surface area contributed by atoms with Gasteiger partial charge in [0.15, 0.2) is 11.5 Å². The maximum Gasteiger partial charge on any atom is 0.343 e. The maximum absolute atomic E-state index is 13.3. The number of carbonyl (C=O) groups excluding carboxylic acids is 2. The molecule has 0 saturated heterocycles. The fourth-order valence-corrected chi connectivity index (χ4v) is 4.35. The van der Waals surface area contributed by atoms with Crippen molar-refractivity contribution in [1.82, 2.24) is 0 Å². The van der Waals surface area contributed by atoms with Crippen molar-refractivity contribution in [3.63, 3.8) is 0 Å². The van der Waals surface area contributed by atoms with Crippen molar-refractivity contribution >= 4 is 11.9 Å². The van der Waals surface area contributed by atoms with Crippen LogP contribution in [-0.4, -0.2) is 11.9 Å². The Hall–Kier alpha value is -4.18. The molecule has 0 bridgehead atoms. The van der Waals surface area contributed by atoms with Crippen LogP contribution >= 0.6 is 0 Å². The predicted molar refractivity (Wildman–Crippen MR) is 147 cm³/mol. The Bertz CT molecular complexity index is 1330. The molecule has 4 heteroatoms. The summed E-state index contributed by atoms with van der Waals surface area (Å²) in [5.74, 6) is -0.388. The van der Waals surface area contributed by atoms with Gasteiger partial charge in [-0.2, -0.15) is 0 Å². The van der Waals surface area contributed by atoms with Gasteiger partial charge in [0.05, 0.1) is 11.1 Å². The van der Waals surface area contributed by atoms with E-state index in [1.807, 2.05) is 42.5 Å². The summed E-state index contributed by atoms with van der Waals surface area (Å²) in [5.41, 5.74) is 4.48. The number of esters is 2. The summed E-state index contributed by atoms with van der Waals surface area (Å²) in [6.45, 7) is 4.23. The molecule has 4 aromatic rings. The lowest BCUT2D eigenvalue weighted by molar-refractivity contribution is 0.0681. The Morgan fingerprint density at radius 1 is 0.595 bits per heavy atom. The first kappa shape index (κ1) is 25.9. The number of rotatable bonds is 10. The summed E-state index contributed by atoms with van der Waals surface area (Å²) >= 11 is 0. The molecule has 0 aromatic heterocycles. The van der Waals surface area contributed by atoms with Gasteiger partial charge in [0.25, 0.3) is 0 Å². The number of benzene rings is 4. The molecular weight excluding hydrogens is 460 g/mol. The van der Waals surface area contributed by atoms with E-state index in [0.29, 0.717) is 29.0 Å². The molecule has 0 aliphatic rings. The lowest BCUT2D eigenvalue weighted by Gasteiger charge is -2.22. The molecule has 4 rings (SSSR count). The molecule has 4 aromatic carbocycles. The summed E-state index contributed by atoms with van der Waals surface area (Å²) < 4.78 is 12.2. The van der Waals surface area contributed by atoms with Crippen molar-refractivity contribution in [2.75, 3.05) is 0 Å². The van der Waals surface area contributed by atoms with Crippen LogP contribution in [0.3, 0.4) is 0 Å². The van der Waals surface area contributed by atoms with E-state index in [0.717, 1.165) is 47.9 Å². The summed E-state index contributed by atoms with van der Waals surface area (Å²) in [4.78, 5) is 26.6. The third-order valence-electron chi connectivity index (χ3n) is 6.18. The fraction of sp³-hybridized carbons (Fsp3) is 0.212. The van der Waals surface area contributed by atoms with Gasteiger partial charge in [-0.25, -0.2) is 9.59 Å². The number of unbranched alkanes of at least 4 members (excludes halogenated alkanes) is 1. The van der Waals surface area contributed by atoms with Crippen LogP contribution in [0.15, 0.2) is 97.1 Å². The minimum absolute atomic E-state index is 0.293. The van der Waals surface area contributed by atoms with Crippen molar-refractivity contribution < 1.29 is 19.1 Å². The zero-order valence-corrected chi connectivity index (χ0v) is 21.4. The molecule has 0 spiro atoms. The van der Waals surface area contributed by atoms with Gasteiger partial charge in [0, 0.05) is 5.56 Å². The van der Waals surface area contributed by atoms with Crippen molar-refractivity contribution in [3.8, 4) is 22.6 Å². The van der Waals surface area contributed by atoms with E-state index in [2.05, 4.69) is 19.9 Å². The van der Waals surface area contributed by atoms with E-state index in [4.69, 9.17) is 9.47 Å². The molecule has 0 fully saturated rings. The highest BCUT2D eigenvalue weighted by molar-refractivity contribution is 5.95. The van der Waals surface area contributed by atoms with Crippen molar-refractivity contribution in [3.05, 3.63) is 119 Å². The lowest BCUT2D eigenvalue weighted by Crippen LogP contribution is -2.15. The first-order valence-corrected chi connectivity index (χ1v) is 12.9. The highest BCUT2D eigenvalue weighted by atomic mass is 16.6. The number of hydrogen-bond acceptors (Lipinski definition) is 4. The molecule has 0 unspecified atom stereocenters. The molecule has 0 aliphatic carbocycles. The largest absolute Gasteiger partial charge is 0.419 e. The van der Waals surface area contributed by atoms with Crippen LogP contribution < -0.4 is 9.47 Å². The molecule has 4 nitrogen and oxygen atoms in total. The first-order valence-electron chi connectivity index (χ1n) is 12.9. The van der Waals surface area contributed by atoms with E-state index in [1.54, 1.807) is 48.5 Å². The van der Waals surface area contributed by atoms with Crippen LogP contribution in [0.5, 0.6) is 11.5 Å². The predicted octanol–water partition coefficient (Wildman–Crippen LogP) is 8.09. The van der Waals surface area contributed by atoms with E-state index >= 15 is 0 Å². The standard InChI is InChI=1S/C33H32O4/c1-3-5-16-27-23-28(15-4-2)30(36-32(34)25-19-11-7-12-20-25)31(29(27)24-17-9-6-10-18-24)37-33(35)26-21-13-8-14-22-26/h6-14,17-23H,3-5,15-16H2,1-2H3. The van der Waals surface area contributed by atoms with Crippen LogP contribution in [0.2, 0.25) is 0 Å². The number of ether oxygens (including phenoxy) is 2. The Morgan fingerprint density at radius 3 is 1.62 bits per heavy atom. The highest BCUT2D eigenvalue weighted by Crippen LogP contribution is 2.45. The minimum Gasteiger partial charge on any atom is -0.419 e. The quantitative estimate of drug-likeness (QED) is 0.166. The van der Waals surface area contributed by atoms with Gasteiger partial charge in [-0.05, 0) is 60.2 Å². The van der Waals surface area contributed by atoms with E-state index in [-0.39, 0.29) is 0 Å². The third-order valence-corrected chi connectivity index (χ3v) is 6.18. The van der Waals surface area contributed by atoms with E-state index < -0.39 is 11.9 Å². The van der Waals surface area contributed by atoms with Crippen LogP contribution in [0.4, 0.5) is 0 Å². The van der Waals surface area contributed by atoms with Gasteiger partial charge in [-0.15, -0.1) is 0 Å². The zero-order chi connectivity index (χ0) is 26.0. The summed E-state index contributed by atoms with van der Waals surface area (Å²) in [7, 11) is 0. The highest BCUT2D eigenvalue weighted by Gasteiger charge is 2.26. The number of aryl methyl sites for hydroxylation is 2. The summed E-state index contributed by atoms with van der Waals surface area (Å²) in [6, 6.07) is 29.7. The minimum atomic E-state index is -0.495.